The number of fused-ring (bicyclic) bond motifs is 1. The highest BCUT2D eigenvalue weighted by Gasteiger charge is 2.33. The molecule has 0 saturated carbocycles. The van der Waals surface area contributed by atoms with Crippen LogP contribution in [-0.4, -0.2) is 42.7 Å². The standard InChI is InChI=1S/C30H35F6N5/c1-19-14-20(2)18-41(17-19)13-11-27-39-26-16-21(15-23(4-3-12-37)30(34,35)36)5-10-25(26)28(40-27)38-24-8-6-22(7-9-24)29(31,32)33/h3-10,12,16,19-20,27,39H,11,13-15,17-18,37H2,1-2H3,(H,38,40)/b12-3-,23-4+. The van der Waals surface area contributed by atoms with Crippen LogP contribution in [0.15, 0.2) is 71.4 Å². The molecule has 0 spiro atoms. The van der Waals surface area contributed by atoms with Crippen molar-refractivity contribution >= 4 is 17.2 Å². The first kappa shape index (κ1) is 30.5. The van der Waals surface area contributed by atoms with Gasteiger partial charge in [-0.25, -0.2) is 4.99 Å². The van der Waals surface area contributed by atoms with Crippen molar-refractivity contribution in [1.29, 1.82) is 0 Å². The Bertz CT molecular complexity index is 1270. The second-order valence-electron chi connectivity index (χ2n) is 11.0. The zero-order valence-corrected chi connectivity index (χ0v) is 23.0. The Kier molecular flexibility index (Phi) is 9.36. The van der Waals surface area contributed by atoms with Crippen molar-refractivity contribution in [3.05, 3.63) is 83.1 Å². The van der Waals surface area contributed by atoms with Crippen molar-refractivity contribution in [3.63, 3.8) is 0 Å². The summed E-state index contributed by atoms with van der Waals surface area (Å²) in [6.07, 6.45) is -4.72. The number of anilines is 2. The number of nitrogens with zero attached hydrogens (tertiary/aromatic N) is 2. The van der Waals surface area contributed by atoms with E-state index in [2.05, 4.69) is 29.4 Å². The maximum atomic E-state index is 13.6. The van der Waals surface area contributed by atoms with Crippen molar-refractivity contribution in [2.24, 2.45) is 22.6 Å². The monoisotopic (exact) mass is 579 g/mol. The topological polar surface area (TPSA) is 65.7 Å². The third-order valence-electron chi connectivity index (χ3n) is 7.25. The van der Waals surface area contributed by atoms with Crippen LogP contribution in [0.25, 0.3) is 0 Å². The summed E-state index contributed by atoms with van der Waals surface area (Å²) >= 11 is 0. The highest BCUT2D eigenvalue weighted by Crippen LogP contribution is 2.33. The SMILES string of the molecule is CC1CC(C)CN(CCC2N=C(Nc3ccc(C(F)(F)F)cc3)c3ccc(C/C(=C\C=C/N)C(F)(F)F)cc3N2)C1. The van der Waals surface area contributed by atoms with Crippen LogP contribution >= 0.6 is 0 Å². The number of allylic oxidation sites excluding steroid dienone is 3. The second-order valence-corrected chi connectivity index (χ2v) is 11.0. The number of nitrogens with one attached hydrogen (secondary N) is 2. The molecule has 3 atom stereocenters. The van der Waals surface area contributed by atoms with E-state index in [0.29, 0.717) is 46.6 Å². The molecule has 5 nitrogen and oxygen atoms in total. The summed E-state index contributed by atoms with van der Waals surface area (Å²) in [5.41, 5.74) is 5.82. The van der Waals surface area contributed by atoms with Gasteiger partial charge in [-0.15, -0.1) is 0 Å². The second kappa shape index (κ2) is 12.6. The van der Waals surface area contributed by atoms with Crippen LogP contribution in [-0.2, 0) is 12.6 Å². The lowest BCUT2D eigenvalue weighted by Crippen LogP contribution is -2.41. The van der Waals surface area contributed by atoms with E-state index < -0.39 is 23.5 Å². The van der Waals surface area contributed by atoms with Gasteiger partial charge in [-0.3, -0.25) is 0 Å². The Hall–Kier alpha value is -3.47. The lowest BCUT2D eigenvalue weighted by molar-refractivity contribution is -0.137. The quantitative estimate of drug-likeness (QED) is 0.240. The van der Waals surface area contributed by atoms with Crippen molar-refractivity contribution in [1.82, 2.24) is 4.90 Å². The Morgan fingerprint density at radius 1 is 1.05 bits per heavy atom. The average molecular weight is 580 g/mol. The number of hydrogen-bond acceptors (Lipinski definition) is 5. The molecule has 1 fully saturated rings. The Morgan fingerprint density at radius 2 is 1.73 bits per heavy atom. The number of piperidine rings is 1. The third-order valence-corrected chi connectivity index (χ3v) is 7.25. The molecule has 2 aromatic carbocycles. The summed E-state index contributed by atoms with van der Waals surface area (Å²) in [6.45, 7) is 7.22. The summed E-state index contributed by atoms with van der Waals surface area (Å²) in [6, 6.07) is 9.58. The fraction of sp³-hybridized carbons (Fsp3) is 0.433. The number of aliphatic imine (C=N–C) groups is 1. The van der Waals surface area contributed by atoms with Gasteiger partial charge >= 0.3 is 12.4 Å². The molecule has 11 heteroatoms. The first-order valence-corrected chi connectivity index (χ1v) is 13.6. The van der Waals surface area contributed by atoms with E-state index >= 15 is 0 Å². The van der Waals surface area contributed by atoms with E-state index in [1.807, 2.05) is 0 Å². The molecule has 3 unspecified atom stereocenters. The lowest BCUT2D eigenvalue weighted by Gasteiger charge is -2.36. The van der Waals surface area contributed by atoms with Crippen molar-refractivity contribution < 1.29 is 26.3 Å². The van der Waals surface area contributed by atoms with Crippen LogP contribution in [0.4, 0.5) is 37.7 Å². The van der Waals surface area contributed by atoms with Gasteiger partial charge in [0, 0.05) is 55.0 Å². The Labute approximate surface area is 236 Å². The van der Waals surface area contributed by atoms with E-state index in [1.165, 1.54) is 18.6 Å². The van der Waals surface area contributed by atoms with E-state index in [1.54, 1.807) is 18.2 Å². The minimum atomic E-state index is -4.52. The third kappa shape index (κ3) is 8.28. The Morgan fingerprint density at radius 3 is 2.34 bits per heavy atom. The average Bonchev–Trinajstić information content (AvgIpc) is 2.88. The molecule has 222 valence electrons. The predicted molar refractivity (Wildman–Crippen MR) is 151 cm³/mol. The van der Waals surface area contributed by atoms with E-state index in [0.717, 1.165) is 50.1 Å². The van der Waals surface area contributed by atoms with Crippen molar-refractivity contribution in [2.45, 2.75) is 51.6 Å². The summed E-state index contributed by atoms with van der Waals surface area (Å²) in [4.78, 5) is 7.21. The van der Waals surface area contributed by atoms with Gasteiger partial charge in [0.2, 0.25) is 0 Å². The van der Waals surface area contributed by atoms with Gasteiger partial charge in [-0.1, -0.05) is 26.0 Å². The molecule has 4 rings (SSSR count). The number of hydrogen-bond donors (Lipinski definition) is 3. The summed E-state index contributed by atoms with van der Waals surface area (Å²) in [7, 11) is 0. The first-order chi connectivity index (χ1) is 19.3. The van der Waals surface area contributed by atoms with Crippen LogP contribution in [0, 0.1) is 11.8 Å². The normalized spacial score (nSPS) is 22.3. The first-order valence-electron chi connectivity index (χ1n) is 13.6. The number of halogens is 6. The van der Waals surface area contributed by atoms with Gasteiger partial charge < -0.3 is 21.3 Å². The number of amidine groups is 1. The molecular formula is C30H35F6N5. The molecular weight excluding hydrogens is 544 g/mol. The van der Waals surface area contributed by atoms with E-state index in [4.69, 9.17) is 10.7 Å². The van der Waals surface area contributed by atoms with Crippen LogP contribution in [0.5, 0.6) is 0 Å². The number of alkyl halides is 6. The zero-order chi connectivity index (χ0) is 29.8. The molecule has 0 radical (unpaired) electrons. The molecule has 2 aliphatic heterocycles. The fourth-order valence-electron chi connectivity index (χ4n) is 5.50. The van der Waals surface area contributed by atoms with Gasteiger partial charge in [0.15, 0.2) is 0 Å². The maximum absolute atomic E-state index is 13.6. The van der Waals surface area contributed by atoms with E-state index in [9.17, 15) is 26.3 Å². The van der Waals surface area contributed by atoms with Crippen molar-refractivity contribution in [2.75, 3.05) is 30.3 Å². The van der Waals surface area contributed by atoms with Crippen molar-refractivity contribution in [3.8, 4) is 0 Å². The van der Waals surface area contributed by atoms with Gasteiger partial charge in [0.05, 0.1) is 5.56 Å². The molecule has 1 saturated heterocycles. The highest BCUT2D eigenvalue weighted by atomic mass is 19.4. The predicted octanol–water partition coefficient (Wildman–Crippen LogP) is 7.19. The number of nitrogens with two attached hydrogens (primary N) is 1. The highest BCUT2D eigenvalue weighted by molar-refractivity contribution is 6.12. The molecule has 0 amide bonds. The minimum Gasteiger partial charge on any atom is -0.405 e. The number of benzene rings is 2. The molecule has 0 aliphatic carbocycles. The van der Waals surface area contributed by atoms with Gasteiger partial charge in [0.25, 0.3) is 0 Å². The molecule has 2 heterocycles. The molecule has 2 aliphatic rings. The van der Waals surface area contributed by atoms with E-state index in [-0.39, 0.29) is 12.6 Å². The number of rotatable bonds is 7. The zero-order valence-electron chi connectivity index (χ0n) is 23.0. The molecule has 41 heavy (non-hydrogen) atoms. The molecule has 0 bridgehead atoms. The summed E-state index contributed by atoms with van der Waals surface area (Å²) in [5.74, 6) is 1.62. The molecule has 2 aromatic rings. The Balaban J connectivity index is 1.60. The van der Waals surface area contributed by atoms with Crippen LogP contribution in [0.1, 0.15) is 43.4 Å². The van der Waals surface area contributed by atoms with Gasteiger partial charge in [0.1, 0.15) is 12.0 Å². The summed E-state index contributed by atoms with van der Waals surface area (Å²) < 4.78 is 79.9. The fourth-order valence-corrected chi connectivity index (χ4v) is 5.50. The van der Waals surface area contributed by atoms with Crippen LogP contribution in [0.3, 0.4) is 0 Å². The number of likely N-dealkylation sites (tertiary alicyclic amines) is 1. The minimum absolute atomic E-state index is 0.351. The molecule has 0 aromatic heterocycles. The largest absolute Gasteiger partial charge is 0.416 e. The lowest BCUT2D eigenvalue weighted by atomic mass is 9.92. The maximum Gasteiger partial charge on any atom is 0.416 e. The smallest absolute Gasteiger partial charge is 0.405 e. The van der Waals surface area contributed by atoms with Crippen LogP contribution < -0.4 is 16.4 Å². The van der Waals surface area contributed by atoms with Gasteiger partial charge in [-0.05, 0) is 72.5 Å². The summed E-state index contributed by atoms with van der Waals surface area (Å²) in [5, 5.41) is 6.49. The van der Waals surface area contributed by atoms with Gasteiger partial charge in [-0.2, -0.15) is 26.3 Å². The molecule has 4 N–H and O–H groups in total. The van der Waals surface area contributed by atoms with Crippen LogP contribution in [0.2, 0.25) is 0 Å².